The molecule has 11 nitrogen and oxygen atoms in total. The molecule has 0 bridgehead atoms. The van der Waals surface area contributed by atoms with Crippen LogP contribution in [-0.4, -0.2) is 82.4 Å². The molecule has 2 fully saturated rings. The van der Waals surface area contributed by atoms with Gasteiger partial charge < -0.3 is 29.1 Å². The SMILES string of the molecule is CN(C(=O)N1CCN(c2nc(-c3[nH]c4ccccc4[n+]3C)no2)CC1)C1CCCCC1.O=C([O-])C(F)(F)F. The molecule has 2 aromatic heterocycles. The average Bonchev–Trinajstić information content (AvgIpc) is 3.53. The molecule has 38 heavy (non-hydrogen) atoms. The van der Waals surface area contributed by atoms with Crippen molar-refractivity contribution in [2.24, 2.45) is 7.05 Å². The Morgan fingerprint density at radius 3 is 2.37 bits per heavy atom. The van der Waals surface area contributed by atoms with Crippen molar-refractivity contribution < 1.29 is 37.0 Å². The van der Waals surface area contributed by atoms with Crippen LogP contribution in [0.3, 0.4) is 0 Å². The standard InChI is InChI=1S/C22H29N7O2.C2HF3O2/c1-26(16-8-4-3-5-9-16)22(30)29-14-12-28(13-15-29)21-24-19(25-31-21)20-23-17-10-6-7-11-18(17)27(20)2;3-2(4,5)1(6)7/h6-7,10-11,16H,3-5,8-9,12-15H2,1-2H3;(H,6,7). The van der Waals surface area contributed by atoms with Gasteiger partial charge in [0.15, 0.2) is 11.0 Å². The van der Waals surface area contributed by atoms with E-state index in [1.807, 2.05) is 46.7 Å². The fourth-order valence-corrected chi connectivity index (χ4v) is 4.79. The summed E-state index contributed by atoms with van der Waals surface area (Å²) in [7, 11) is 3.94. The van der Waals surface area contributed by atoms with Crippen molar-refractivity contribution in [1.82, 2.24) is 24.9 Å². The number of hydrogen-bond donors (Lipinski definition) is 1. The summed E-state index contributed by atoms with van der Waals surface area (Å²) >= 11 is 0. The number of fused-ring (bicyclic) bond motifs is 1. The van der Waals surface area contributed by atoms with E-state index in [9.17, 15) is 18.0 Å². The normalized spacial score (nSPS) is 16.8. The number of amides is 2. The van der Waals surface area contributed by atoms with Gasteiger partial charge in [-0.15, -0.1) is 0 Å². The zero-order valence-corrected chi connectivity index (χ0v) is 21.2. The highest BCUT2D eigenvalue weighted by molar-refractivity contribution is 5.75. The van der Waals surface area contributed by atoms with E-state index in [1.165, 1.54) is 19.3 Å². The quantitative estimate of drug-likeness (QED) is 0.506. The molecule has 0 radical (unpaired) electrons. The number of carboxylic acids is 1. The Kier molecular flexibility index (Phi) is 8.07. The Morgan fingerprint density at radius 2 is 1.76 bits per heavy atom. The molecule has 3 aromatic rings. The van der Waals surface area contributed by atoms with E-state index in [-0.39, 0.29) is 6.03 Å². The molecule has 0 atom stereocenters. The van der Waals surface area contributed by atoms with Crippen molar-refractivity contribution in [3.05, 3.63) is 24.3 Å². The smallest absolute Gasteiger partial charge is 0.430 e. The molecule has 14 heteroatoms. The van der Waals surface area contributed by atoms with Crippen LogP contribution in [0.4, 0.5) is 24.0 Å². The Balaban J connectivity index is 0.000000426. The lowest BCUT2D eigenvalue weighted by Gasteiger charge is -2.39. The molecule has 1 saturated carbocycles. The summed E-state index contributed by atoms with van der Waals surface area (Å²) in [6.07, 6.45) is 0.795. The number of carbonyl (C=O) groups excluding carboxylic acids is 2. The number of aromatic nitrogens is 4. The molecular weight excluding hydrogens is 507 g/mol. The number of alkyl halides is 3. The first-order valence-electron chi connectivity index (χ1n) is 12.4. The second-order valence-corrected chi connectivity index (χ2v) is 9.39. The zero-order valence-electron chi connectivity index (χ0n) is 21.2. The summed E-state index contributed by atoms with van der Waals surface area (Å²) in [5.41, 5.74) is 2.11. The van der Waals surface area contributed by atoms with Gasteiger partial charge in [-0.05, 0) is 30.1 Å². The molecule has 3 heterocycles. The van der Waals surface area contributed by atoms with Crippen LogP contribution in [0.5, 0.6) is 0 Å². The molecule has 0 spiro atoms. The number of para-hydroxylation sites is 2. The van der Waals surface area contributed by atoms with E-state index in [0.29, 0.717) is 44.1 Å². The third-order valence-corrected chi connectivity index (χ3v) is 6.96. The number of nitrogens with one attached hydrogen (secondary N) is 1. The van der Waals surface area contributed by atoms with E-state index in [1.54, 1.807) is 0 Å². The number of anilines is 1. The number of piperazine rings is 1. The number of benzene rings is 1. The highest BCUT2D eigenvalue weighted by atomic mass is 19.4. The summed E-state index contributed by atoms with van der Waals surface area (Å²) in [6.45, 7) is 2.69. The Labute approximate surface area is 216 Å². The van der Waals surface area contributed by atoms with Gasteiger partial charge in [0.05, 0.1) is 7.05 Å². The molecule has 2 aliphatic rings. The predicted octanol–water partition coefficient (Wildman–Crippen LogP) is 1.85. The van der Waals surface area contributed by atoms with Crippen LogP contribution in [0.15, 0.2) is 28.8 Å². The highest BCUT2D eigenvalue weighted by Crippen LogP contribution is 2.24. The number of carboxylic acid groups (broad SMARTS) is 1. The molecular formula is C24H30F3N7O4. The number of aromatic amines is 1. The van der Waals surface area contributed by atoms with Gasteiger partial charge in [0.2, 0.25) is 0 Å². The van der Waals surface area contributed by atoms with Crippen molar-refractivity contribution in [2.75, 3.05) is 38.1 Å². The van der Waals surface area contributed by atoms with E-state index in [2.05, 4.69) is 26.1 Å². The summed E-state index contributed by atoms with van der Waals surface area (Å²) in [6, 6.07) is 9.11. The number of aryl methyl sites for hydroxylation is 1. The number of hydrogen-bond acceptors (Lipinski definition) is 7. The number of aliphatic carboxylic acids is 1. The molecule has 1 aliphatic heterocycles. The van der Waals surface area contributed by atoms with Gasteiger partial charge >= 0.3 is 24.0 Å². The Hall–Kier alpha value is -3.84. The number of halogens is 3. The molecule has 206 valence electrons. The van der Waals surface area contributed by atoms with Crippen molar-refractivity contribution >= 4 is 29.0 Å². The lowest BCUT2D eigenvalue weighted by atomic mass is 9.95. The van der Waals surface area contributed by atoms with Gasteiger partial charge in [0, 0.05) is 39.3 Å². The summed E-state index contributed by atoms with van der Waals surface area (Å²) in [5.74, 6) is -1.67. The topological polar surface area (TPSA) is 126 Å². The van der Waals surface area contributed by atoms with Crippen LogP contribution in [0.25, 0.3) is 22.7 Å². The first-order valence-corrected chi connectivity index (χ1v) is 12.4. The van der Waals surface area contributed by atoms with Crippen LogP contribution in [-0.2, 0) is 11.8 Å². The predicted molar refractivity (Wildman–Crippen MR) is 128 cm³/mol. The van der Waals surface area contributed by atoms with Gasteiger partial charge in [-0.3, -0.25) is 0 Å². The molecule has 5 rings (SSSR count). The molecule has 1 N–H and O–H groups in total. The van der Waals surface area contributed by atoms with Crippen molar-refractivity contribution in [3.63, 3.8) is 0 Å². The van der Waals surface area contributed by atoms with Crippen LogP contribution in [0.2, 0.25) is 0 Å². The van der Waals surface area contributed by atoms with Crippen LogP contribution in [0.1, 0.15) is 32.1 Å². The number of imidazole rings is 1. The summed E-state index contributed by atoms with van der Waals surface area (Å²) in [4.78, 5) is 35.7. The minimum atomic E-state index is -5.19. The first kappa shape index (κ1) is 27.2. The number of rotatable bonds is 3. The average molecular weight is 538 g/mol. The van der Waals surface area contributed by atoms with Gasteiger partial charge in [0.25, 0.3) is 5.82 Å². The lowest BCUT2D eigenvalue weighted by molar-refractivity contribution is -0.633. The van der Waals surface area contributed by atoms with E-state index < -0.39 is 12.1 Å². The van der Waals surface area contributed by atoms with Crippen LogP contribution >= 0.6 is 0 Å². The third-order valence-electron chi connectivity index (χ3n) is 6.96. The summed E-state index contributed by atoms with van der Waals surface area (Å²) < 4.78 is 39.1. The molecule has 1 aromatic carbocycles. The third kappa shape index (κ3) is 6.00. The van der Waals surface area contributed by atoms with Crippen LogP contribution in [0, 0.1) is 0 Å². The Morgan fingerprint density at radius 1 is 1.13 bits per heavy atom. The zero-order chi connectivity index (χ0) is 27.4. The maximum atomic E-state index is 12.9. The number of urea groups is 1. The van der Waals surface area contributed by atoms with Crippen LogP contribution < -0.4 is 14.6 Å². The minimum absolute atomic E-state index is 0.142. The second-order valence-electron chi connectivity index (χ2n) is 9.39. The maximum absolute atomic E-state index is 12.9. The monoisotopic (exact) mass is 537 g/mol. The number of carbonyl (C=O) groups is 2. The van der Waals surface area contributed by atoms with Crippen molar-refractivity contribution in [2.45, 2.75) is 44.3 Å². The number of nitrogens with zero attached hydrogens (tertiary/aromatic N) is 6. The maximum Gasteiger partial charge on any atom is 0.430 e. The number of H-pyrrole nitrogens is 1. The van der Waals surface area contributed by atoms with Gasteiger partial charge in [-0.1, -0.05) is 31.4 Å². The minimum Gasteiger partial charge on any atom is -0.542 e. The highest BCUT2D eigenvalue weighted by Gasteiger charge is 2.31. The van der Waals surface area contributed by atoms with E-state index in [4.69, 9.17) is 14.4 Å². The molecule has 1 saturated heterocycles. The fraction of sp³-hybridized carbons (Fsp3) is 0.542. The van der Waals surface area contributed by atoms with Gasteiger partial charge in [0.1, 0.15) is 5.97 Å². The molecule has 2 amide bonds. The molecule has 0 unspecified atom stereocenters. The largest absolute Gasteiger partial charge is 0.542 e. The second kappa shape index (κ2) is 11.3. The van der Waals surface area contributed by atoms with Crippen molar-refractivity contribution in [1.29, 1.82) is 0 Å². The first-order chi connectivity index (χ1) is 18.1. The Bertz CT molecular complexity index is 1260. The van der Waals surface area contributed by atoms with Crippen molar-refractivity contribution in [3.8, 4) is 11.6 Å². The summed E-state index contributed by atoms with van der Waals surface area (Å²) in [5, 5.41) is 13.0. The van der Waals surface area contributed by atoms with E-state index in [0.717, 1.165) is 29.7 Å². The van der Waals surface area contributed by atoms with Gasteiger partial charge in [-0.2, -0.15) is 18.2 Å². The fourth-order valence-electron chi connectivity index (χ4n) is 4.79. The lowest BCUT2D eigenvalue weighted by Crippen LogP contribution is -2.54. The molecule has 1 aliphatic carbocycles. The van der Waals surface area contributed by atoms with Gasteiger partial charge in [-0.25, -0.2) is 14.3 Å². The van der Waals surface area contributed by atoms with E-state index >= 15 is 0 Å².